The van der Waals surface area contributed by atoms with E-state index < -0.39 is 0 Å². The van der Waals surface area contributed by atoms with E-state index in [1.807, 2.05) is 24.3 Å². The summed E-state index contributed by atoms with van der Waals surface area (Å²) in [7, 11) is 0. The standard InChI is InChI=1S/C33H31N7O4/c34-31-30(29(41)16-22-17-35-9-8-28(22)39-11-13-44-14-12-39)38-26(18-37-31)21-5-6-23-20(15-21)7-10-36-27(23)19-40-32(42)24-3-1-2-4-25(24)33(40)43/h1-6,8-9,15,17-18,27,36H,7,10-14,16,19H2,(H2,34,37). The van der Waals surface area contributed by atoms with Crippen molar-refractivity contribution >= 4 is 29.1 Å². The molecule has 0 bridgehead atoms. The molecule has 3 N–H and O–H groups in total. The first-order valence-electron chi connectivity index (χ1n) is 14.7. The van der Waals surface area contributed by atoms with Gasteiger partial charge < -0.3 is 20.7 Å². The van der Waals surface area contributed by atoms with E-state index in [4.69, 9.17) is 10.5 Å². The van der Waals surface area contributed by atoms with E-state index in [-0.39, 0.29) is 48.1 Å². The molecular formula is C33H31N7O4. The highest BCUT2D eigenvalue weighted by molar-refractivity contribution is 6.21. The first-order valence-corrected chi connectivity index (χ1v) is 14.7. The van der Waals surface area contributed by atoms with Crippen LogP contribution >= 0.6 is 0 Å². The van der Waals surface area contributed by atoms with Gasteiger partial charge in [0.2, 0.25) is 0 Å². The molecule has 1 saturated heterocycles. The topological polar surface area (TPSA) is 144 Å². The largest absolute Gasteiger partial charge is 0.382 e. The number of nitrogens with zero attached hydrogens (tertiary/aromatic N) is 5. The summed E-state index contributed by atoms with van der Waals surface area (Å²) < 4.78 is 5.48. The SMILES string of the molecule is Nc1ncc(-c2ccc3c(c2)CCNC3CN2C(=O)c3ccccc3C2=O)nc1C(=O)Cc1cnccc1N1CCOCC1. The Kier molecular flexibility index (Phi) is 7.32. The average molecular weight is 590 g/mol. The molecule has 0 spiro atoms. The Bertz CT molecular complexity index is 1750. The second-order valence-corrected chi connectivity index (χ2v) is 11.1. The van der Waals surface area contributed by atoms with Crippen molar-refractivity contribution in [1.82, 2.24) is 25.2 Å². The zero-order valence-electron chi connectivity index (χ0n) is 24.0. The van der Waals surface area contributed by atoms with Crippen LogP contribution in [-0.2, 0) is 17.6 Å². The van der Waals surface area contributed by atoms with Gasteiger partial charge in [-0.25, -0.2) is 9.97 Å². The number of amides is 2. The predicted molar refractivity (Wildman–Crippen MR) is 163 cm³/mol. The Balaban J connectivity index is 1.11. The van der Waals surface area contributed by atoms with Gasteiger partial charge in [0.25, 0.3) is 11.8 Å². The number of anilines is 2. The van der Waals surface area contributed by atoms with Crippen LogP contribution in [0.1, 0.15) is 53.9 Å². The van der Waals surface area contributed by atoms with Gasteiger partial charge in [0.1, 0.15) is 5.69 Å². The fraction of sp³-hybridized carbons (Fsp3) is 0.273. The third-order valence-electron chi connectivity index (χ3n) is 8.49. The smallest absolute Gasteiger partial charge is 0.261 e. The first kappa shape index (κ1) is 27.8. The Morgan fingerprint density at radius 1 is 1.02 bits per heavy atom. The van der Waals surface area contributed by atoms with Crippen LogP contribution in [0.3, 0.4) is 0 Å². The van der Waals surface area contributed by atoms with Crippen molar-refractivity contribution in [2.75, 3.05) is 50.0 Å². The number of morpholine rings is 1. The summed E-state index contributed by atoms with van der Waals surface area (Å²) in [5, 5.41) is 3.46. The maximum atomic E-state index is 13.5. The van der Waals surface area contributed by atoms with Gasteiger partial charge in [0.15, 0.2) is 11.6 Å². The molecular weight excluding hydrogens is 558 g/mol. The average Bonchev–Trinajstić information content (AvgIpc) is 3.30. The highest BCUT2D eigenvalue weighted by Gasteiger charge is 2.37. The van der Waals surface area contributed by atoms with Crippen molar-refractivity contribution in [2.45, 2.75) is 18.9 Å². The minimum Gasteiger partial charge on any atom is -0.382 e. The molecule has 3 aliphatic rings. The van der Waals surface area contributed by atoms with Crippen LogP contribution < -0.4 is 16.0 Å². The van der Waals surface area contributed by atoms with Crippen LogP contribution in [0.2, 0.25) is 0 Å². The molecule has 44 heavy (non-hydrogen) atoms. The molecule has 11 heteroatoms. The molecule has 2 amide bonds. The Labute approximate surface area is 254 Å². The fourth-order valence-electron chi connectivity index (χ4n) is 6.23. The fourth-order valence-corrected chi connectivity index (χ4v) is 6.23. The molecule has 7 rings (SSSR count). The van der Waals surface area contributed by atoms with E-state index >= 15 is 0 Å². The molecule has 3 aliphatic heterocycles. The van der Waals surface area contributed by atoms with Gasteiger partial charge in [-0.1, -0.05) is 24.3 Å². The number of Topliss-reactive ketones (excluding diaryl/α,β-unsaturated/α-hetero) is 1. The molecule has 1 atom stereocenters. The number of nitrogens with one attached hydrogen (secondary N) is 1. The third kappa shape index (κ3) is 5.10. The molecule has 5 heterocycles. The van der Waals surface area contributed by atoms with Gasteiger partial charge >= 0.3 is 0 Å². The number of aromatic nitrogens is 3. The van der Waals surface area contributed by atoms with Gasteiger partial charge in [0, 0.05) is 55.3 Å². The monoisotopic (exact) mass is 589 g/mol. The normalized spacial score (nSPS) is 17.9. The number of benzene rings is 2. The number of carbonyl (C=O) groups excluding carboxylic acids is 3. The molecule has 2 aromatic heterocycles. The molecule has 222 valence electrons. The van der Waals surface area contributed by atoms with E-state index in [1.165, 1.54) is 4.90 Å². The molecule has 2 aromatic carbocycles. The molecule has 0 saturated carbocycles. The lowest BCUT2D eigenvalue weighted by Crippen LogP contribution is -2.41. The molecule has 11 nitrogen and oxygen atoms in total. The van der Waals surface area contributed by atoms with E-state index in [0.29, 0.717) is 36.6 Å². The van der Waals surface area contributed by atoms with Gasteiger partial charge in [-0.3, -0.25) is 24.3 Å². The van der Waals surface area contributed by atoms with Crippen LogP contribution in [-0.4, -0.2) is 76.8 Å². The molecule has 1 unspecified atom stereocenters. The Morgan fingerprint density at radius 3 is 2.57 bits per heavy atom. The molecule has 0 aliphatic carbocycles. The number of hydrogen-bond donors (Lipinski definition) is 2. The van der Waals surface area contributed by atoms with Crippen LogP contribution in [0, 0.1) is 0 Å². The quantitative estimate of drug-likeness (QED) is 0.244. The lowest BCUT2D eigenvalue weighted by atomic mass is 9.91. The Hall–Kier alpha value is -5.00. The third-order valence-corrected chi connectivity index (χ3v) is 8.49. The number of nitrogen functional groups attached to an aromatic ring is 1. The minimum atomic E-state index is -0.270. The molecule has 4 aromatic rings. The van der Waals surface area contributed by atoms with Gasteiger partial charge in [-0.2, -0.15) is 0 Å². The summed E-state index contributed by atoms with van der Waals surface area (Å²) in [5.41, 5.74) is 12.4. The van der Waals surface area contributed by atoms with Crippen molar-refractivity contribution in [2.24, 2.45) is 0 Å². The van der Waals surface area contributed by atoms with E-state index in [0.717, 1.165) is 47.5 Å². The molecule has 1 fully saturated rings. The zero-order chi connectivity index (χ0) is 30.2. The summed E-state index contributed by atoms with van der Waals surface area (Å²) in [6.07, 6.45) is 5.88. The summed E-state index contributed by atoms with van der Waals surface area (Å²) in [6.45, 7) is 3.69. The van der Waals surface area contributed by atoms with Crippen molar-refractivity contribution in [3.8, 4) is 11.3 Å². The van der Waals surface area contributed by atoms with E-state index in [9.17, 15) is 14.4 Å². The van der Waals surface area contributed by atoms with Gasteiger partial charge in [-0.05, 0) is 48.4 Å². The highest BCUT2D eigenvalue weighted by Crippen LogP contribution is 2.31. The number of carbonyl (C=O) groups is 3. The number of nitrogens with two attached hydrogens (primary N) is 1. The maximum absolute atomic E-state index is 13.5. The lowest BCUT2D eigenvalue weighted by molar-refractivity contribution is 0.0636. The summed E-state index contributed by atoms with van der Waals surface area (Å²) in [5.74, 6) is -0.691. The van der Waals surface area contributed by atoms with Crippen molar-refractivity contribution in [3.63, 3.8) is 0 Å². The minimum absolute atomic E-state index is 0.0822. The van der Waals surface area contributed by atoms with Crippen molar-refractivity contribution < 1.29 is 19.1 Å². The van der Waals surface area contributed by atoms with E-state index in [1.54, 1.807) is 42.9 Å². The number of imide groups is 1. The van der Waals surface area contributed by atoms with Crippen LogP contribution in [0.5, 0.6) is 0 Å². The number of rotatable bonds is 7. The lowest BCUT2D eigenvalue weighted by Gasteiger charge is -2.30. The van der Waals surface area contributed by atoms with Gasteiger partial charge in [0.05, 0.1) is 42.3 Å². The second-order valence-electron chi connectivity index (χ2n) is 11.1. The molecule has 0 radical (unpaired) electrons. The predicted octanol–water partition coefficient (Wildman–Crippen LogP) is 2.87. The number of hydrogen-bond acceptors (Lipinski definition) is 10. The highest BCUT2D eigenvalue weighted by atomic mass is 16.5. The summed E-state index contributed by atoms with van der Waals surface area (Å²) in [6, 6.07) is 14.6. The number of ketones is 1. The van der Waals surface area contributed by atoms with Crippen molar-refractivity contribution in [3.05, 3.63) is 101 Å². The maximum Gasteiger partial charge on any atom is 0.261 e. The zero-order valence-corrected chi connectivity index (χ0v) is 24.0. The van der Waals surface area contributed by atoms with Gasteiger partial charge in [-0.15, -0.1) is 0 Å². The second kappa shape index (κ2) is 11.6. The van der Waals surface area contributed by atoms with E-state index in [2.05, 4.69) is 25.2 Å². The first-order chi connectivity index (χ1) is 21.5. The van der Waals surface area contributed by atoms with Crippen LogP contribution in [0.4, 0.5) is 11.5 Å². The van der Waals surface area contributed by atoms with Crippen LogP contribution in [0.25, 0.3) is 11.3 Å². The summed E-state index contributed by atoms with van der Waals surface area (Å²) >= 11 is 0. The summed E-state index contributed by atoms with van der Waals surface area (Å²) in [4.78, 5) is 56.2. The van der Waals surface area contributed by atoms with Crippen LogP contribution in [0.15, 0.2) is 67.1 Å². The Morgan fingerprint density at radius 2 is 1.80 bits per heavy atom. The number of fused-ring (bicyclic) bond motifs is 2. The number of pyridine rings is 1. The number of ether oxygens (including phenoxy) is 1. The van der Waals surface area contributed by atoms with Crippen molar-refractivity contribution in [1.29, 1.82) is 0 Å².